The van der Waals surface area contributed by atoms with Crippen molar-refractivity contribution in [1.82, 2.24) is 9.88 Å². The summed E-state index contributed by atoms with van der Waals surface area (Å²) in [5, 5.41) is 0.197. The molecule has 0 radical (unpaired) electrons. The molecule has 1 aliphatic rings. The van der Waals surface area contributed by atoms with Crippen LogP contribution in [0.3, 0.4) is 0 Å². The number of ether oxygens (including phenoxy) is 2. The molecule has 2 heterocycles. The first-order valence-corrected chi connectivity index (χ1v) is 12.3. The van der Waals surface area contributed by atoms with Crippen molar-refractivity contribution in [3.05, 3.63) is 75.1 Å². The molecule has 4 rings (SSSR count). The number of amides is 1. The summed E-state index contributed by atoms with van der Waals surface area (Å²) in [5.74, 6) is -0.0753. The Morgan fingerprint density at radius 3 is 2.61 bits per heavy atom. The summed E-state index contributed by atoms with van der Waals surface area (Å²) in [5.41, 5.74) is 9.75. The van der Waals surface area contributed by atoms with Crippen LogP contribution < -0.4 is 10.5 Å². The van der Waals surface area contributed by atoms with Crippen LogP contribution in [0.15, 0.2) is 42.6 Å². The normalized spacial score (nSPS) is 14.2. The number of pyridine rings is 1. The highest BCUT2D eigenvalue weighted by Gasteiger charge is 2.26. The fraction of sp³-hybridized carbons (Fsp3) is 0.333. The van der Waals surface area contributed by atoms with E-state index in [1.54, 1.807) is 24.1 Å². The van der Waals surface area contributed by atoms with Gasteiger partial charge in [-0.2, -0.15) is 0 Å². The number of anilines is 1. The van der Waals surface area contributed by atoms with E-state index in [0.717, 1.165) is 23.1 Å². The maximum Gasteiger partial charge on any atom is 0.410 e. The monoisotopic (exact) mass is 531 g/mol. The lowest BCUT2D eigenvalue weighted by molar-refractivity contribution is 0.0224. The Morgan fingerprint density at radius 1 is 1.14 bits per heavy atom. The lowest BCUT2D eigenvalue weighted by Gasteiger charge is -2.31. The van der Waals surface area contributed by atoms with E-state index < -0.39 is 17.5 Å². The number of halogens is 3. The molecule has 3 aromatic rings. The van der Waals surface area contributed by atoms with Crippen molar-refractivity contribution in [1.29, 1.82) is 0 Å². The van der Waals surface area contributed by atoms with E-state index in [1.807, 2.05) is 32.9 Å². The van der Waals surface area contributed by atoms with Gasteiger partial charge in [-0.1, -0.05) is 35.3 Å². The van der Waals surface area contributed by atoms with Gasteiger partial charge in [-0.05, 0) is 75.1 Å². The third-order valence-electron chi connectivity index (χ3n) is 5.88. The van der Waals surface area contributed by atoms with Crippen LogP contribution in [-0.2, 0) is 17.7 Å². The molecule has 0 bridgehead atoms. The Hall–Kier alpha value is -3.03. The van der Waals surface area contributed by atoms with Gasteiger partial charge in [-0.25, -0.2) is 14.2 Å². The highest BCUT2D eigenvalue weighted by atomic mass is 35.5. The number of hydrogen-bond acceptors (Lipinski definition) is 5. The molecule has 1 amide bonds. The number of rotatable bonds is 4. The first-order chi connectivity index (χ1) is 16.9. The summed E-state index contributed by atoms with van der Waals surface area (Å²) in [6.07, 6.45) is 1.40. The van der Waals surface area contributed by atoms with E-state index in [9.17, 15) is 9.18 Å². The van der Waals surface area contributed by atoms with Crippen LogP contribution in [0.25, 0.3) is 11.1 Å². The van der Waals surface area contributed by atoms with Crippen LogP contribution in [0.1, 0.15) is 50.5 Å². The van der Waals surface area contributed by atoms with Crippen LogP contribution >= 0.6 is 23.2 Å². The van der Waals surface area contributed by atoms with Crippen LogP contribution in [0, 0.1) is 5.82 Å². The van der Waals surface area contributed by atoms with E-state index in [1.165, 1.54) is 17.7 Å². The van der Waals surface area contributed by atoms with Crippen molar-refractivity contribution in [2.24, 2.45) is 0 Å². The quantitative estimate of drug-likeness (QED) is 0.360. The van der Waals surface area contributed by atoms with E-state index in [2.05, 4.69) is 11.1 Å². The second-order valence-electron chi connectivity index (χ2n) is 9.76. The number of nitrogens with two attached hydrogens (primary N) is 1. The second kappa shape index (κ2) is 10.1. The lowest BCUT2D eigenvalue weighted by Crippen LogP contribution is -2.39. The molecule has 2 aromatic carbocycles. The minimum Gasteiger partial charge on any atom is -0.482 e. The predicted molar refractivity (Wildman–Crippen MR) is 140 cm³/mol. The zero-order chi connectivity index (χ0) is 26.2. The zero-order valence-electron chi connectivity index (χ0n) is 20.6. The maximum absolute atomic E-state index is 14.0. The molecule has 0 aliphatic carbocycles. The third-order valence-corrected chi connectivity index (χ3v) is 6.59. The van der Waals surface area contributed by atoms with Crippen LogP contribution in [0.4, 0.5) is 15.0 Å². The van der Waals surface area contributed by atoms with Gasteiger partial charge in [0.2, 0.25) is 0 Å². The molecular weight excluding hydrogens is 504 g/mol. The number of carbonyl (C=O) groups is 1. The SMILES string of the molecule is C[C@@H](Oc1cc(-c2ccc3c(c2)CN(C(=O)OC(C)(C)C)CC3)cnc1N)c1c(Cl)ccc(F)c1Cl. The first-order valence-electron chi connectivity index (χ1n) is 11.6. The van der Waals surface area contributed by atoms with Gasteiger partial charge in [0.15, 0.2) is 11.6 Å². The molecule has 9 heteroatoms. The van der Waals surface area contributed by atoms with Gasteiger partial charge in [0, 0.05) is 35.4 Å². The van der Waals surface area contributed by atoms with Crippen LogP contribution in [0.5, 0.6) is 5.75 Å². The van der Waals surface area contributed by atoms with Gasteiger partial charge in [-0.3, -0.25) is 0 Å². The Labute approximate surface area is 220 Å². The first kappa shape index (κ1) is 26.0. The number of carbonyl (C=O) groups excluding carboxylic acids is 1. The number of aromatic nitrogens is 1. The van der Waals surface area contributed by atoms with Crippen molar-refractivity contribution >= 4 is 35.1 Å². The van der Waals surface area contributed by atoms with E-state index in [0.29, 0.717) is 29.4 Å². The van der Waals surface area contributed by atoms with Gasteiger partial charge >= 0.3 is 6.09 Å². The highest BCUT2D eigenvalue weighted by molar-refractivity contribution is 6.36. The summed E-state index contributed by atoms with van der Waals surface area (Å²) < 4.78 is 25.6. The third kappa shape index (κ3) is 5.68. The molecule has 0 saturated heterocycles. The van der Waals surface area contributed by atoms with Crippen LogP contribution in [0.2, 0.25) is 10.0 Å². The number of nitrogen functional groups attached to an aromatic ring is 1. The van der Waals surface area contributed by atoms with E-state index in [-0.39, 0.29) is 16.9 Å². The average molecular weight is 532 g/mol. The summed E-state index contributed by atoms with van der Waals surface area (Å²) in [6.45, 7) is 8.33. The van der Waals surface area contributed by atoms with Crippen molar-refractivity contribution in [2.45, 2.75) is 52.4 Å². The van der Waals surface area contributed by atoms with Gasteiger partial charge in [0.25, 0.3) is 0 Å². The molecular formula is C27H28Cl2FN3O3. The highest BCUT2D eigenvalue weighted by Crippen LogP contribution is 2.37. The summed E-state index contributed by atoms with van der Waals surface area (Å²) in [4.78, 5) is 18.6. The number of nitrogens with zero attached hydrogens (tertiary/aromatic N) is 2. The number of fused-ring (bicyclic) bond motifs is 1. The zero-order valence-corrected chi connectivity index (χ0v) is 22.1. The minimum atomic E-state index is -0.675. The molecule has 0 fully saturated rings. The summed E-state index contributed by atoms with van der Waals surface area (Å²) >= 11 is 12.4. The van der Waals surface area contributed by atoms with Gasteiger partial charge in [0.1, 0.15) is 17.5 Å². The number of benzene rings is 2. The van der Waals surface area contributed by atoms with Crippen molar-refractivity contribution in [3.63, 3.8) is 0 Å². The van der Waals surface area contributed by atoms with E-state index >= 15 is 0 Å². The smallest absolute Gasteiger partial charge is 0.410 e. The average Bonchev–Trinajstić information content (AvgIpc) is 2.81. The molecule has 2 N–H and O–H groups in total. The Balaban J connectivity index is 1.58. The fourth-order valence-electron chi connectivity index (χ4n) is 4.09. The molecule has 0 saturated carbocycles. The summed E-state index contributed by atoms with van der Waals surface area (Å²) in [6, 6.07) is 10.5. The maximum atomic E-state index is 14.0. The van der Waals surface area contributed by atoms with Crippen molar-refractivity contribution in [2.75, 3.05) is 12.3 Å². The molecule has 0 unspecified atom stereocenters. The molecule has 6 nitrogen and oxygen atoms in total. The van der Waals surface area contributed by atoms with Gasteiger partial charge in [0.05, 0.1) is 5.02 Å². The summed E-state index contributed by atoms with van der Waals surface area (Å²) in [7, 11) is 0. The standard InChI is InChI=1S/C27H28Cl2FN3O3/c1-15(23-20(28)7-8-21(30)24(23)29)35-22-12-18(13-32-25(22)31)17-6-5-16-9-10-33(14-19(16)11-17)26(34)36-27(2,3)4/h5-8,11-13,15H,9-10,14H2,1-4H3,(H2,31,32)/t15-/m1/s1. The Bertz CT molecular complexity index is 1310. The molecule has 1 atom stereocenters. The lowest BCUT2D eigenvalue weighted by atomic mass is 9.95. The largest absolute Gasteiger partial charge is 0.482 e. The van der Waals surface area contributed by atoms with Crippen molar-refractivity contribution in [3.8, 4) is 16.9 Å². The molecule has 36 heavy (non-hydrogen) atoms. The second-order valence-corrected chi connectivity index (χ2v) is 10.5. The Morgan fingerprint density at radius 2 is 1.89 bits per heavy atom. The number of hydrogen-bond donors (Lipinski definition) is 1. The van der Waals surface area contributed by atoms with Gasteiger partial charge in [-0.15, -0.1) is 0 Å². The molecule has 1 aliphatic heterocycles. The van der Waals surface area contributed by atoms with Crippen molar-refractivity contribution < 1.29 is 18.7 Å². The van der Waals surface area contributed by atoms with Gasteiger partial charge < -0.3 is 20.1 Å². The Kier molecular flexibility index (Phi) is 7.34. The van der Waals surface area contributed by atoms with Crippen LogP contribution in [-0.4, -0.2) is 28.1 Å². The molecule has 190 valence electrons. The topological polar surface area (TPSA) is 77.7 Å². The minimum absolute atomic E-state index is 0.0955. The molecule has 1 aromatic heterocycles. The predicted octanol–water partition coefficient (Wildman–Crippen LogP) is 7.21. The van der Waals surface area contributed by atoms with E-state index in [4.69, 9.17) is 38.4 Å². The fourth-order valence-corrected chi connectivity index (χ4v) is 4.77. The molecule has 0 spiro atoms.